The Balaban J connectivity index is 2.33. The molecule has 0 aliphatic rings. The van der Waals surface area contributed by atoms with Crippen LogP contribution < -0.4 is 4.90 Å². The number of hydrogen-bond donors (Lipinski definition) is 1. The van der Waals surface area contributed by atoms with Crippen LogP contribution in [0.3, 0.4) is 0 Å². The van der Waals surface area contributed by atoms with Crippen molar-refractivity contribution in [2.75, 3.05) is 11.9 Å². The first-order chi connectivity index (χ1) is 9.81. The van der Waals surface area contributed by atoms with Gasteiger partial charge in [0, 0.05) is 38.1 Å². The third-order valence-electron chi connectivity index (χ3n) is 3.14. The van der Waals surface area contributed by atoms with Gasteiger partial charge < -0.3 is 10.0 Å². The molecule has 0 saturated heterocycles. The lowest BCUT2D eigenvalue weighted by atomic mass is 10.1. The van der Waals surface area contributed by atoms with Crippen molar-refractivity contribution in [3.05, 3.63) is 47.3 Å². The van der Waals surface area contributed by atoms with Crippen LogP contribution in [0.5, 0.6) is 0 Å². The number of aliphatic hydroxyl groups excluding tert-OH is 1. The molecular weight excluding hydrogens is 283 g/mol. The van der Waals surface area contributed by atoms with Crippen LogP contribution in [0.1, 0.15) is 16.7 Å². The highest BCUT2D eigenvalue weighted by Crippen LogP contribution is 2.37. The highest BCUT2D eigenvalue weighted by molar-refractivity contribution is 5.56. The zero-order valence-corrected chi connectivity index (χ0v) is 11.7. The molecular formula is C14H16F3N3O. The van der Waals surface area contributed by atoms with Gasteiger partial charge in [0.05, 0.1) is 18.4 Å². The Morgan fingerprint density at radius 1 is 1.29 bits per heavy atom. The molecule has 1 heterocycles. The molecule has 0 spiro atoms. The molecule has 2 aromatic rings. The second-order valence-electron chi connectivity index (χ2n) is 4.89. The number of hydrogen-bond acceptors (Lipinski definition) is 3. The van der Waals surface area contributed by atoms with Crippen LogP contribution in [0, 0.1) is 0 Å². The molecule has 1 N–H and O–H groups in total. The molecule has 7 heteroatoms. The van der Waals surface area contributed by atoms with Crippen LogP contribution in [0.2, 0.25) is 0 Å². The quantitative estimate of drug-likeness (QED) is 0.943. The van der Waals surface area contributed by atoms with E-state index in [1.807, 2.05) is 0 Å². The fourth-order valence-electron chi connectivity index (χ4n) is 2.15. The maximum atomic E-state index is 13.1. The van der Waals surface area contributed by atoms with E-state index in [0.717, 1.165) is 11.6 Å². The third kappa shape index (κ3) is 3.55. The standard InChI is InChI=1S/C14H16F3N3O/c1-19(7-11-6-18-20(2)8-11)13-4-3-10(9-21)5-12(13)14(15,16)17/h3-6,8,21H,7,9H2,1-2H3. The molecule has 0 saturated carbocycles. The third-order valence-corrected chi connectivity index (χ3v) is 3.14. The Kier molecular flexibility index (Phi) is 4.22. The summed E-state index contributed by atoms with van der Waals surface area (Å²) >= 11 is 0. The summed E-state index contributed by atoms with van der Waals surface area (Å²) < 4.78 is 41.0. The number of aliphatic hydroxyl groups is 1. The lowest BCUT2D eigenvalue weighted by Gasteiger charge is -2.23. The van der Waals surface area contributed by atoms with Crippen LogP contribution in [-0.4, -0.2) is 21.9 Å². The van der Waals surface area contributed by atoms with Crippen molar-refractivity contribution < 1.29 is 18.3 Å². The van der Waals surface area contributed by atoms with Crippen molar-refractivity contribution in [1.29, 1.82) is 0 Å². The van der Waals surface area contributed by atoms with E-state index in [0.29, 0.717) is 6.54 Å². The minimum Gasteiger partial charge on any atom is -0.392 e. The predicted molar refractivity (Wildman–Crippen MR) is 72.7 cm³/mol. The van der Waals surface area contributed by atoms with Gasteiger partial charge in [-0.05, 0) is 17.7 Å². The normalized spacial score (nSPS) is 11.7. The van der Waals surface area contributed by atoms with Crippen LogP contribution in [0.25, 0.3) is 0 Å². The number of aryl methyl sites for hydroxylation is 1. The van der Waals surface area contributed by atoms with Gasteiger partial charge in [0.2, 0.25) is 0 Å². The average Bonchev–Trinajstić information content (AvgIpc) is 2.82. The molecule has 2 rings (SSSR count). The number of nitrogens with zero attached hydrogens (tertiary/aromatic N) is 3. The molecule has 1 aromatic carbocycles. The zero-order chi connectivity index (χ0) is 15.6. The van der Waals surface area contributed by atoms with E-state index in [1.54, 1.807) is 31.2 Å². The molecule has 1 aromatic heterocycles. The summed E-state index contributed by atoms with van der Waals surface area (Å²) in [6, 6.07) is 3.85. The average molecular weight is 299 g/mol. The van der Waals surface area contributed by atoms with Crippen molar-refractivity contribution in [3.63, 3.8) is 0 Å². The van der Waals surface area contributed by atoms with Gasteiger partial charge in [0.25, 0.3) is 0 Å². The molecule has 0 unspecified atom stereocenters. The van der Waals surface area contributed by atoms with Gasteiger partial charge >= 0.3 is 6.18 Å². The van der Waals surface area contributed by atoms with Gasteiger partial charge in [-0.15, -0.1) is 0 Å². The first kappa shape index (κ1) is 15.4. The Hall–Kier alpha value is -2.02. The maximum absolute atomic E-state index is 13.1. The fraction of sp³-hybridized carbons (Fsp3) is 0.357. The molecule has 0 radical (unpaired) electrons. The highest BCUT2D eigenvalue weighted by atomic mass is 19.4. The van der Waals surface area contributed by atoms with Crippen molar-refractivity contribution in [2.45, 2.75) is 19.3 Å². The minimum absolute atomic E-state index is 0.0727. The minimum atomic E-state index is -4.47. The Labute approximate surface area is 120 Å². The fourth-order valence-corrected chi connectivity index (χ4v) is 2.15. The first-order valence-corrected chi connectivity index (χ1v) is 6.31. The summed E-state index contributed by atoms with van der Waals surface area (Å²) in [5, 5.41) is 13.0. The van der Waals surface area contributed by atoms with E-state index >= 15 is 0 Å². The Morgan fingerprint density at radius 2 is 2.00 bits per heavy atom. The molecule has 0 aliphatic carbocycles. The second-order valence-corrected chi connectivity index (χ2v) is 4.89. The van der Waals surface area contributed by atoms with Crippen LogP contribution in [0.4, 0.5) is 18.9 Å². The summed E-state index contributed by atoms with van der Waals surface area (Å²) in [5.41, 5.74) is 0.379. The molecule has 0 atom stereocenters. The summed E-state index contributed by atoms with van der Waals surface area (Å²) in [7, 11) is 3.34. The number of rotatable bonds is 4. The summed E-state index contributed by atoms with van der Waals surface area (Å²) in [6.07, 6.45) is -1.10. The van der Waals surface area contributed by atoms with Gasteiger partial charge in [0.1, 0.15) is 0 Å². The molecule has 0 amide bonds. The van der Waals surface area contributed by atoms with Gasteiger partial charge in [0.15, 0.2) is 0 Å². The topological polar surface area (TPSA) is 41.3 Å². The monoisotopic (exact) mass is 299 g/mol. The van der Waals surface area contributed by atoms with Crippen LogP contribution >= 0.6 is 0 Å². The van der Waals surface area contributed by atoms with Gasteiger partial charge in [-0.3, -0.25) is 4.68 Å². The molecule has 0 fully saturated rings. The lowest BCUT2D eigenvalue weighted by Crippen LogP contribution is -2.21. The Bertz CT molecular complexity index is 622. The van der Waals surface area contributed by atoms with Crippen molar-refractivity contribution in [1.82, 2.24) is 9.78 Å². The molecule has 0 bridgehead atoms. The zero-order valence-electron chi connectivity index (χ0n) is 11.7. The van der Waals surface area contributed by atoms with Crippen molar-refractivity contribution in [3.8, 4) is 0 Å². The van der Waals surface area contributed by atoms with Crippen molar-refractivity contribution >= 4 is 5.69 Å². The number of halogens is 3. The second kappa shape index (κ2) is 5.77. The van der Waals surface area contributed by atoms with E-state index in [-0.39, 0.29) is 11.3 Å². The van der Waals surface area contributed by atoms with Gasteiger partial charge in [-0.2, -0.15) is 18.3 Å². The van der Waals surface area contributed by atoms with E-state index in [2.05, 4.69) is 5.10 Å². The summed E-state index contributed by atoms with van der Waals surface area (Å²) in [6.45, 7) is -0.106. The molecule has 0 aliphatic heterocycles. The van der Waals surface area contributed by atoms with E-state index in [9.17, 15) is 13.2 Å². The predicted octanol–water partition coefficient (Wildman–Crippen LogP) is 2.57. The van der Waals surface area contributed by atoms with Crippen LogP contribution in [-0.2, 0) is 26.4 Å². The highest BCUT2D eigenvalue weighted by Gasteiger charge is 2.34. The molecule has 114 valence electrons. The lowest BCUT2D eigenvalue weighted by molar-refractivity contribution is -0.137. The number of aromatic nitrogens is 2. The largest absolute Gasteiger partial charge is 0.418 e. The Morgan fingerprint density at radius 3 is 2.52 bits per heavy atom. The van der Waals surface area contributed by atoms with Gasteiger partial charge in [-0.25, -0.2) is 0 Å². The van der Waals surface area contributed by atoms with E-state index < -0.39 is 18.3 Å². The smallest absolute Gasteiger partial charge is 0.392 e. The first-order valence-electron chi connectivity index (χ1n) is 6.31. The summed E-state index contributed by atoms with van der Waals surface area (Å²) in [4.78, 5) is 1.51. The maximum Gasteiger partial charge on any atom is 0.418 e. The summed E-state index contributed by atoms with van der Waals surface area (Å²) in [5.74, 6) is 0. The number of alkyl halides is 3. The van der Waals surface area contributed by atoms with Crippen LogP contribution in [0.15, 0.2) is 30.6 Å². The van der Waals surface area contributed by atoms with E-state index in [4.69, 9.17) is 5.11 Å². The molecule has 4 nitrogen and oxygen atoms in total. The van der Waals surface area contributed by atoms with Gasteiger partial charge in [-0.1, -0.05) is 6.07 Å². The number of benzene rings is 1. The SMILES string of the molecule is CN(Cc1cnn(C)c1)c1ccc(CO)cc1C(F)(F)F. The van der Waals surface area contributed by atoms with Crippen molar-refractivity contribution in [2.24, 2.45) is 7.05 Å². The van der Waals surface area contributed by atoms with E-state index in [1.165, 1.54) is 17.0 Å². The number of anilines is 1. The molecule has 21 heavy (non-hydrogen) atoms.